The molecule has 0 saturated heterocycles. The van der Waals surface area contributed by atoms with Gasteiger partial charge in [0.25, 0.3) is 0 Å². The molecule has 0 spiro atoms. The van der Waals surface area contributed by atoms with Crippen LogP contribution in [-0.2, 0) is 5.41 Å². The van der Waals surface area contributed by atoms with Crippen LogP contribution >= 0.6 is 0 Å². The second-order valence-electron chi connectivity index (χ2n) is 5.60. The summed E-state index contributed by atoms with van der Waals surface area (Å²) in [5.41, 5.74) is 1.44. The smallest absolute Gasteiger partial charge is 0.119 e. The molecule has 0 unspecified atom stereocenters. The zero-order valence-corrected chi connectivity index (χ0v) is 12.8. The van der Waals surface area contributed by atoms with E-state index >= 15 is 0 Å². The van der Waals surface area contributed by atoms with Gasteiger partial charge in [-0.3, -0.25) is 0 Å². The second kappa shape index (κ2) is 8.18. The van der Waals surface area contributed by atoms with E-state index in [0.29, 0.717) is 0 Å². The predicted octanol–water partition coefficient (Wildman–Crippen LogP) is 2.56. The Bertz CT molecular complexity index is 364. The molecule has 0 fully saturated rings. The molecule has 0 atom stereocenters. The molecule has 1 aromatic rings. The van der Waals surface area contributed by atoms with E-state index in [1.54, 1.807) is 7.11 Å². The van der Waals surface area contributed by atoms with Crippen molar-refractivity contribution in [3.63, 3.8) is 0 Å². The van der Waals surface area contributed by atoms with Crippen molar-refractivity contribution in [2.75, 3.05) is 33.8 Å². The monoisotopic (exact) mass is 264 g/mol. The Kier molecular flexibility index (Phi) is 6.89. The SMILES string of the molecule is CNCCCCNCC(C)(C)c1cccc(OC)c1. The molecule has 0 heterocycles. The van der Waals surface area contributed by atoms with Crippen molar-refractivity contribution in [3.8, 4) is 5.75 Å². The molecule has 0 aliphatic carbocycles. The van der Waals surface area contributed by atoms with Crippen LogP contribution in [0.4, 0.5) is 0 Å². The van der Waals surface area contributed by atoms with Crippen LogP contribution < -0.4 is 15.4 Å². The first-order valence-corrected chi connectivity index (χ1v) is 7.10. The van der Waals surface area contributed by atoms with Crippen molar-refractivity contribution < 1.29 is 4.74 Å². The predicted molar refractivity (Wildman–Crippen MR) is 82.1 cm³/mol. The van der Waals surface area contributed by atoms with Crippen LogP contribution in [0.5, 0.6) is 5.75 Å². The van der Waals surface area contributed by atoms with Crippen LogP contribution in [-0.4, -0.2) is 33.8 Å². The highest BCUT2D eigenvalue weighted by Gasteiger charge is 2.20. The third kappa shape index (κ3) is 5.62. The van der Waals surface area contributed by atoms with E-state index < -0.39 is 0 Å². The van der Waals surface area contributed by atoms with Crippen molar-refractivity contribution >= 4 is 0 Å². The summed E-state index contributed by atoms with van der Waals surface area (Å²) in [6.07, 6.45) is 2.44. The third-order valence-corrected chi connectivity index (χ3v) is 3.45. The van der Waals surface area contributed by atoms with Gasteiger partial charge in [-0.2, -0.15) is 0 Å². The van der Waals surface area contributed by atoms with E-state index in [0.717, 1.165) is 25.4 Å². The van der Waals surface area contributed by atoms with E-state index in [4.69, 9.17) is 4.74 Å². The summed E-state index contributed by atoms with van der Waals surface area (Å²) in [4.78, 5) is 0. The minimum Gasteiger partial charge on any atom is -0.497 e. The molecule has 3 nitrogen and oxygen atoms in total. The number of ether oxygens (including phenoxy) is 1. The minimum atomic E-state index is 0.123. The van der Waals surface area contributed by atoms with Crippen LogP contribution in [0.2, 0.25) is 0 Å². The quantitative estimate of drug-likeness (QED) is 0.673. The summed E-state index contributed by atoms with van der Waals surface area (Å²) in [5, 5.41) is 6.72. The van der Waals surface area contributed by atoms with Crippen molar-refractivity contribution in [1.82, 2.24) is 10.6 Å². The highest BCUT2D eigenvalue weighted by molar-refractivity contribution is 5.33. The van der Waals surface area contributed by atoms with E-state index in [1.807, 2.05) is 13.1 Å². The first-order valence-electron chi connectivity index (χ1n) is 7.10. The molecule has 0 aliphatic rings. The van der Waals surface area contributed by atoms with Crippen molar-refractivity contribution in [1.29, 1.82) is 0 Å². The fraction of sp³-hybridized carbons (Fsp3) is 0.625. The van der Waals surface area contributed by atoms with E-state index in [9.17, 15) is 0 Å². The Morgan fingerprint density at radius 1 is 1.16 bits per heavy atom. The molecule has 0 saturated carbocycles. The molecule has 108 valence electrons. The molecule has 0 bridgehead atoms. The van der Waals surface area contributed by atoms with Gasteiger partial charge in [0.2, 0.25) is 0 Å². The van der Waals surface area contributed by atoms with Crippen molar-refractivity contribution in [3.05, 3.63) is 29.8 Å². The average Bonchev–Trinajstić information content (AvgIpc) is 2.43. The number of rotatable bonds is 9. The second-order valence-corrected chi connectivity index (χ2v) is 5.60. The normalized spacial score (nSPS) is 11.6. The fourth-order valence-electron chi connectivity index (χ4n) is 2.10. The van der Waals surface area contributed by atoms with Gasteiger partial charge in [-0.15, -0.1) is 0 Å². The topological polar surface area (TPSA) is 33.3 Å². The van der Waals surface area contributed by atoms with Crippen LogP contribution in [0, 0.1) is 0 Å². The molecule has 2 N–H and O–H groups in total. The number of nitrogens with one attached hydrogen (secondary N) is 2. The minimum absolute atomic E-state index is 0.123. The number of benzene rings is 1. The van der Waals surface area contributed by atoms with E-state index in [-0.39, 0.29) is 5.41 Å². The van der Waals surface area contributed by atoms with Gasteiger partial charge in [-0.05, 0) is 50.7 Å². The maximum absolute atomic E-state index is 5.29. The molecule has 1 rings (SSSR count). The first kappa shape index (κ1) is 16.0. The summed E-state index contributed by atoms with van der Waals surface area (Å²) in [6, 6.07) is 8.35. The van der Waals surface area contributed by atoms with Crippen molar-refractivity contribution in [2.45, 2.75) is 32.1 Å². The Morgan fingerprint density at radius 3 is 2.58 bits per heavy atom. The summed E-state index contributed by atoms with van der Waals surface area (Å²) in [6.45, 7) is 7.69. The molecular weight excluding hydrogens is 236 g/mol. The molecule has 0 aromatic heterocycles. The zero-order chi connectivity index (χ0) is 14.1. The van der Waals surface area contributed by atoms with E-state index in [1.165, 1.54) is 18.4 Å². The van der Waals surface area contributed by atoms with Crippen LogP contribution in [0.3, 0.4) is 0 Å². The third-order valence-electron chi connectivity index (χ3n) is 3.45. The van der Waals surface area contributed by atoms with Gasteiger partial charge in [0.05, 0.1) is 7.11 Å². The highest BCUT2D eigenvalue weighted by atomic mass is 16.5. The lowest BCUT2D eigenvalue weighted by Crippen LogP contribution is -2.33. The summed E-state index contributed by atoms with van der Waals surface area (Å²) in [7, 11) is 3.71. The Labute approximate surface area is 117 Å². The van der Waals surface area contributed by atoms with Crippen LogP contribution in [0.25, 0.3) is 0 Å². The molecule has 3 heteroatoms. The van der Waals surface area contributed by atoms with Gasteiger partial charge in [0.15, 0.2) is 0 Å². The number of unbranched alkanes of at least 4 members (excludes halogenated alkanes) is 1. The maximum Gasteiger partial charge on any atom is 0.119 e. The van der Waals surface area contributed by atoms with Gasteiger partial charge in [-0.25, -0.2) is 0 Å². The largest absolute Gasteiger partial charge is 0.497 e. The van der Waals surface area contributed by atoms with Crippen LogP contribution in [0.15, 0.2) is 24.3 Å². The molecule has 0 aliphatic heterocycles. The average molecular weight is 264 g/mol. The molecule has 1 aromatic carbocycles. The standard InChI is InChI=1S/C16H28N2O/c1-16(2,13-18-11-6-5-10-17-3)14-8-7-9-15(12-14)19-4/h7-9,12,17-18H,5-6,10-11,13H2,1-4H3. The Balaban J connectivity index is 2.41. The summed E-state index contributed by atoms with van der Waals surface area (Å²) < 4.78 is 5.29. The molecule has 0 radical (unpaired) electrons. The lowest BCUT2D eigenvalue weighted by atomic mass is 9.84. The van der Waals surface area contributed by atoms with Gasteiger partial charge in [-0.1, -0.05) is 26.0 Å². The lowest BCUT2D eigenvalue weighted by Gasteiger charge is -2.26. The Morgan fingerprint density at radius 2 is 1.89 bits per heavy atom. The molecule has 0 amide bonds. The van der Waals surface area contributed by atoms with Gasteiger partial charge in [0, 0.05) is 12.0 Å². The molecular formula is C16H28N2O. The fourth-order valence-corrected chi connectivity index (χ4v) is 2.10. The van der Waals surface area contributed by atoms with Crippen molar-refractivity contribution in [2.24, 2.45) is 0 Å². The first-order chi connectivity index (χ1) is 9.10. The Hall–Kier alpha value is -1.06. The number of methoxy groups -OCH3 is 1. The number of hydrogen-bond acceptors (Lipinski definition) is 3. The summed E-state index contributed by atoms with van der Waals surface area (Å²) >= 11 is 0. The van der Waals surface area contributed by atoms with Gasteiger partial charge < -0.3 is 15.4 Å². The highest BCUT2D eigenvalue weighted by Crippen LogP contribution is 2.25. The molecule has 19 heavy (non-hydrogen) atoms. The zero-order valence-electron chi connectivity index (χ0n) is 12.8. The number of hydrogen-bond donors (Lipinski definition) is 2. The van der Waals surface area contributed by atoms with Gasteiger partial charge in [0.1, 0.15) is 5.75 Å². The van der Waals surface area contributed by atoms with Gasteiger partial charge >= 0.3 is 0 Å². The lowest BCUT2D eigenvalue weighted by molar-refractivity contribution is 0.410. The summed E-state index contributed by atoms with van der Waals surface area (Å²) in [5.74, 6) is 0.930. The van der Waals surface area contributed by atoms with Crippen LogP contribution in [0.1, 0.15) is 32.3 Å². The van der Waals surface area contributed by atoms with E-state index in [2.05, 4.69) is 42.7 Å². The maximum atomic E-state index is 5.29.